The van der Waals surface area contributed by atoms with Crippen molar-refractivity contribution in [1.82, 2.24) is 0 Å². The molecule has 0 aromatic heterocycles. The van der Waals surface area contributed by atoms with Crippen LogP contribution in [0.25, 0.3) is 0 Å². The summed E-state index contributed by atoms with van der Waals surface area (Å²) in [5.41, 5.74) is 0. The Morgan fingerprint density at radius 3 is 0.165 bits per heavy atom. The van der Waals surface area contributed by atoms with Crippen molar-refractivity contribution < 1.29 is 241 Å². The van der Waals surface area contributed by atoms with E-state index in [0.717, 1.165) is 0 Å². The molecule has 79 heavy (non-hydrogen) atoms. The molecule has 0 aromatic rings. The summed E-state index contributed by atoms with van der Waals surface area (Å²) in [6.45, 7) is 0. The molecule has 0 spiro atoms. The van der Waals surface area contributed by atoms with Crippen molar-refractivity contribution >= 4 is 735 Å². The number of rotatable bonds is 2. The summed E-state index contributed by atoms with van der Waals surface area (Å²) < 4.78 is 108. The van der Waals surface area contributed by atoms with Crippen LogP contribution in [-0.2, 0) is 64.1 Å². The fourth-order valence-corrected chi connectivity index (χ4v) is 0. The summed E-state index contributed by atoms with van der Waals surface area (Å²) in [5, 5.41) is 14.0. The molecule has 0 amide bonds. The third-order valence-electron chi connectivity index (χ3n) is 0.200. The van der Waals surface area contributed by atoms with E-state index in [1.165, 1.54) is 0 Å². The summed E-state index contributed by atoms with van der Waals surface area (Å²) >= 11 is 0. The van der Waals surface area contributed by atoms with Gasteiger partial charge >= 0.3 is 642 Å². The van der Waals surface area contributed by atoms with Crippen LogP contribution in [-0.4, -0.2) is 652 Å². The summed E-state index contributed by atoms with van der Waals surface area (Å²) in [4.78, 5) is 292. The Bertz CT molecular complexity index is 1210. The van der Waals surface area contributed by atoms with Crippen LogP contribution in [0.2, 0.25) is 0 Å². The van der Waals surface area contributed by atoms with Crippen molar-refractivity contribution in [2.24, 2.45) is 0 Å². The minimum atomic E-state index is -5.39. The van der Waals surface area contributed by atoms with Crippen molar-refractivity contribution in [2.45, 2.75) is 0 Å². The smallest absolute Gasteiger partial charge is 0.822 e. The molecule has 2 N–H and O–H groups in total. The van der Waals surface area contributed by atoms with Crippen LogP contribution in [0.1, 0.15) is 0 Å². The number of phosphoric acid groups is 12. The van der Waals surface area contributed by atoms with Gasteiger partial charge in [0.25, 0.3) is 0 Å². The van der Waals surface area contributed by atoms with Gasteiger partial charge in [0.1, 0.15) is 0 Å². The van der Waals surface area contributed by atoms with E-state index < -0.39 is 93.9 Å². The molecule has 0 saturated carbocycles. The zero-order chi connectivity index (χ0) is 55.4. The van der Waals surface area contributed by atoms with Gasteiger partial charge in [0.05, 0.1) is 15.6 Å². The molecule has 79 heteroatoms. The average molecular weight is 1850 g/mol. The van der Waals surface area contributed by atoms with Gasteiger partial charge in [0.15, 0.2) is 0 Å². The minimum absolute atomic E-state index is 0. The Morgan fingerprint density at radius 2 is 0.165 bits per heavy atom. The quantitative estimate of drug-likeness (QED) is 0.112. The Hall–Kier alpha value is 22.7. The third kappa shape index (κ3) is 1190. The second-order valence-corrected chi connectivity index (χ2v) is 16.6. The van der Waals surface area contributed by atoms with Crippen molar-refractivity contribution in [1.29, 1.82) is 0 Å². The molecule has 50 nitrogen and oxygen atoms in total. The Balaban J connectivity index is -0.0000000125. The molecule has 0 rings (SSSR count). The maximum atomic E-state index is 9.00. The zero-order valence-corrected chi connectivity index (χ0v) is 86.2. The molecule has 0 aromatic carbocycles. The van der Waals surface area contributed by atoms with Gasteiger partial charge in [-0.05, 0) is 0 Å². The predicted molar refractivity (Wildman–Crippen MR) is 197 cm³/mol. The SMILES string of the molecule is O=P([O-])([O-])OO.O=P([O-])([O-])OO.O=P([O-])([O-])[O-].O=P([O-])([O-])[O-].O=P([O-])([O-])[O-].O=P([O-])([O-])[O-].O=P([O-])([O-])[O-].O=P([O-])([O-])[O-].O=P([O-])([O-])[O-].O=P([O-])([O-])[O-].O=P([O-])([O-])[O-].O=P([O-])([O-])[O-].[Ca+2].[Ca+2].[Ca+2].[Ca+2].[Ca+2].[Ca+2].[Ca+2].[Ca+2].[Ca+2].[Ca+2].[Ca+2].[Ca+2].[Ca+2].[Ca+2].[Ca+2].[Ca+2].[Ca+2]. The van der Waals surface area contributed by atoms with Gasteiger partial charge in [-0.3, -0.25) is 0 Å². The van der Waals surface area contributed by atoms with Gasteiger partial charge < -0.3 is 221 Å². The van der Waals surface area contributed by atoms with E-state index in [0.29, 0.717) is 0 Å². The molecular formula is H2Ca17O50P12. The monoisotopic (exact) mass is 1850 g/mol. The topological polar surface area (TPSA) is 1050 Å². The van der Waals surface area contributed by atoms with Crippen LogP contribution >= 0.6 is 93.9 Å². The van der Waals surface area contributed by atoms with E-state index >= 15 is 0 Å². The van der Waals surface area contributed by atoms with E-state index in [9.17, 15) is 0 Å². The fourth-order valence-electron chi connectivity index (χ4n) is 0. The van der Waals surface area contributed by atoms with E-state index in [4.69, 9.17) is 232 Å². The first-order valence-corrected chi connectivity index (χ1v) is 26.7. The van der Waals surface area contributed by atoms with Crippen LogP contribution in [0, 0.1) is 0 Å². The second kappa shape index (κ2) is 107. The minimum Gasteiger partial charge on any atom is -0.822 e. The number of hydrogen-bond donors (Lipinski definition) is 2. The summed E-state index contributed by atoms with van der Waals surface area (Å²) in [5.74, 6) is 0. The van der Waals surface area contributed by atoms with Gasteiger partial charge in [-0.1, -0.05) is 0 Å². The molecule has 0 heterocycles. The summed E-state index contributed by atoms with van der Waals surface area (Å²) in [7, 11) is -64.1. The molecule has 0 aliphatic rings. The van der Waals surface area contributed by atoms with Crippen molar-refractivity contribution in [3.63, 3.8) is 0 Å². The Labute approximate surface area is 949 Å². The van der Waals surface area contributed by atoms with E-state index in [-0.39, 0.29) is 642 Å². The molecule has 0 saturated heterocycles. The first kappa shape index (κ1) is 195. The molecular weight excluding hydrogens is 1850 g/mol. The maximum Gasteiger partial charge on any atom is 2.00 e. The third-order valence-corrected chi connectivity index (χ3v) is 0.600. The van der Waals surface area contributed by atoms with Crippen molar-refractivity contribution in [3.8, 4) is 0 Å². The van der Waals surface area contributed by atoms with Gasteiger partial charge in [-0.2, -0.15) is 78.2 Å². The Kier molecular flexibility index (Phi) is 264. The van der Waals surface area contributed by atoms with Crippen LogP contribution < -0.4 is 166 Å². The first-order chi connectivity index (χ1) is 25.1. The standard InChI is InChI=1S/17Ca.2H3O5P.10H3O4P/c;;;;;;;;;;;;;;;;;2*1-5-6(2,3)4;10*1-5(2,3)4/h;;;;;;;;;;;;;;;;;2*1H,(H2,2,3,4);10*(H3,1,2,3,4)/q17*+2;;;;;;;;;;;;/p-34. The molecule has 0 atom stereocenters. The van der Waals surface area contributed by atoms with Crippen LogP contribution in [0.5, 0.6) is 0 Å². The van der Waals surface area contributed by atoms with Crippen LogP contribution in [0.3, 0.4) is 0 Å². The van der Waals surface area contributed by atoms with Crippen LogP contribution in [0.4, 0.5) is 0 Å². The normalized spacial score (nSPS) is 9.27. The van der Waals surface area contributed by atoms with E-state index in [1.807, 2.05) is 0 Å². The summed E-state index contributed by atoms with van der Waals surface area (Å²) in [6.07, 6.45) is 0. The largest absolute Gasteiger partial charge is 2.00 e. The Morgan fingerprint density at radius 1 is 0.152 bits per heavy atom. The van der Waals surface area contributed by atoms with Crippen molar-refractivity contribution in [3.05, 3.63) is 0 Å². The fraction of sp³-hybridized carbons (Fsp3) is 0. The van der Waals surface area contributed by atoms with Gasteiger partial charge in [0.2, 0.25) is 0 Å². The van der Waals surface area contributed by atoms with E-state index in [1.54, 1.807) is 0 Å². The summed E-state index contributed by atoms with van der Waals surface area (Å²) in [6, 6.07) is 0. The van der Waals surface area contributed by atoms with Gasteiger partial charge in [-0.25, -0.2) is 19.9 Å². The van der Waals surface area contributed by atoms with Crippen molar-refractivity contribution in [2.75, 3.05) is 0 Å². The molecule has 0 radical (unpaired) electrons. The first-order valence-electron chi connectivity index (χ1n) is 9.13. The zero-order valence-electron chi connectivity index (χ0n) is 37.9. The molecule has 0 bridgehead atoms. The molecule has 0 fully saturated rings. The van der Waals surface area contributed by atoms with Crippen LogP contribution in [0.15, 0.2) is 0 Å². The molecule has 0 unspecified atom stereocenters. The molecule has 396 valence electrons. The molecule has 0 aliphatic carbocycles. The van der Waals surface area contributed by atoms with E-state index in [2.05, 4.69) is 9.35 Å². The predicted octanol–water partition coefficient (Wildman–Crippen LogP) is -38.1. The molecule has 0 aliphatic heterocycles. The van der Waals surface area contributed by atoms with Gasteiger partial charge in [0, 0.05) is 0 Å². The maximum absolute atomic E-state index is 9.00. The second-order valence-electron chi connectivity index (χ2n) is 5.53. The van der Waals surface area contributed by atoms with Gasteiger partial charge in [-0.15, -0.1) is 0 Å². The average Bonchev–Trinajstić information content (AvgIpc) is 2.66. The number of hydrogen-bond acceptors (Lipinski definition) is 50.